The van der Waals surface area contributed by atoms with Gasteiger partial charge in [0.25, 0.3) is 0 Å². The molecule has 2 unspecified atom stereocenters. The molecular weight excluding hydrogens is 158 g/mol. The van der Waals surface area contributed by atoms with Gasteiger partial charge in [-0.2, -0.15) is 0 Å². The third kappa shape index (κ3) is 1.80. The molecule has 76 valence electrons. The van der Waals surface area contributed by atoms with Crippen LogP contribution < -0.4 is 5.73 Å². The summed E-state index contributed by atoms with van der Waals surface area (Å²) in [6.07, 6.45) is 3.63. The lowest BCUT2D eigenvalue weighted by Gasteiger charge is -2.40. The number of nitrogens with two attached hydrogens (primary N) is 1. The molecule has 1 aliphatic rings. The van der Waals surface area contributed by atoms with Crippen LogP contribution >= 0.6 is 0 Å². The maximum Gasteiger partial charge on any atom is 0.0397 e. The summed E-state index contributed by atoms with van der Waals surface area (Å²) in [6, 6.07) is 0. The van der Waals surface area contributed by atoms with Crippen molar-refractivity contribution >= 4 is 0 Å². The van der Waals surface area contributed by atoms with Crippen molar-refractivity contribution in [1.29, 1.82) is 0 Å². The van der Waals surface area contributed by atoms with E-state index in [9.17, 15) is 0 Å². The summed E-state index contributed by atoms with van der Waals surface area (Å²) >= 11 is 0. The molecule has 2 atom stereocenters. The van der Waals surface area contributed by atoms with Gasteiger partial charge in [-0.25, -0.2) is 0 Å². The molecule has 0 amide bonds. The summed E-state index contributed by atoms with van der Waals surface area (Å²) in [5, 5.41) is 0. The Balaban J connectivity index is 2.93. The molecule has 0 aromatic carbocycles. The normalized spacial score (nSPS) is 35.0. The van der Waals surface area contributed by atoms with Gasteiger partial charge in [-0.15, -0.1) is 0 Å². The maximum atomic E-state index is 6.43. The fourth-order valence-electron chi connectivity index (χ4n) is 2.75. The van der Waals surface area contributed by atoms with Crippen LogP contribution in [-0.4, -0.2) is 5.54 Å². The van der Waals surface area contributed by atoms with Crippen LogP contribution in [-0.2, 0) is 0 Å². The first-order chi connectivity index (χ1) is 5.78. The van der Waals surface area contributed by atoms with Gasteiger partial charge in [0.15, 0.2) is 0 Å². The number of rotatable bonds is 1. The van der Waals surface area contributed by atoms with Crippen molar-refractivity contribution in [2.45, 2.75) is 52.5 Å². The minimum atomic E-state index is -0.0990. The summed E-state index contributed by atoms with van der Waals surface area (Å²) in [5.74, 6) is 0.595. The largest absolute Gasteiger partial charge is 0.321 e. The van der Waals surface area contributed by atoms with Crippen LogP contribution in [0.25, 0.3) is 0 Å². The highest BCUT2D eigenvalue weighted by atomic mass is 14.8. The van der Waals surface area contributed by atoms with E-state index in [1.807, 2.05) is 0 Å². The Kier molecular flexibility index (Phi) is 2.59. The Labute approximate surface area is 82.4 Å². The molecule has 0 saturated heterocycles. The highest BCUT2D eigenvalue weighted by Gasteiger charge is 2.45. The van der Waals surface area contributed by atoms with Crippen molar-refractivity contribution in [3.63, 3.8) is 0 Å². The second kappa shape index (κ2) is 3.13. The van der Waals surface area contributed by atoms with E-state index in [4.69, 9.17) is 5.73 Å². The van der Waals surface area contributed by atoms with E-state index < -0.39 is 0 Å². The Bertz CT molecular complexity index is 212. The van der Waals surface area contributed by atoms with Gasteiger partial charge < -0.3 is 5.73 Å². The van der Waals surface area contributed by atoms with Crippen molar-refractivity contribution in [2.75, 3.05) is 0 Å². The minimum absolute atomic E-state index is 0.0990. The number of hydrogen-bond donors (Lipinski definition) is 1. The molecule has 1 nitrogen and oxygen atoms in total. The molecule has 0 bridgehead atoms. The molecule has 1 heteroatoms. The summed E-state index contributed by atoms with van der Waals surface area (Å²) in [7, 11) is 0. The molecular formula is C12H23N. The summed E-state index contributed by atoms with van der Waals surface area (Å²) in [6.45, 7) is 13.0. The lowest BCUT2D eigenvalue weighted by molar-refractivity contribution is 0.180. The fourth-order valence-corrected chi connectivity index (χ4v) is 2.75. The van der Waals surface area contributed by atoms with Gasteiger partial charge in [0.05, 0.1) is 0 Å². The standard InChI is InChI=1S/C12H23N/c1-9(2)12(13)8-6-7-10(12)11(3,4)5/h10H,1,6-8,13H2,2-5H3. The third-order valence-electron chi connectivity index (χ3n) is 3.55. The second-order valence-electron chi connectivity index (χ2n) is 5.63. The zero-order chi connectivity index (χ0) is 10.3. The average molecular weight is 181 g/mol. The van der Waals surface area contributed by atoms with Crippen molar-refractivity contribution in [3.8, 4) is 0 Å². The monoisotopic (exact) mass is 181 g/mol. The molecule has 0 aliphatic heterocycles. The summed E-state index contributed by atoms with van der Waals surface area (Å²) in [5.41, 5.74) is 7.80. The zero-order valence-electron chi connectivity index (χ0n) is 9.48. The molecule has 0 spiro atoms. The van der Waals surface area contributed by atoms with Gasteiger partial charge in [0.1, 0.15) is 0 Å². The molecule has 1 saturated carbocycles. The van der Waals surface area contributed by atoms with Crippen molar-refractivity contribution in [1.82, 2.24) is 0 Å². The summed E-state index contributed by atoms with van der Waals surface area (Å²) in [4.78, 5) is 0. The minimum Gasteiger partial charge on any atom is -0.321 e. The van der Waals surface area contributed by atoms with Crippen LogP contribution in [0.2, 0.25) is 0 Å². The number of hydrogen-bond acceptors (Lipinski definition) is 1. The van der Waals surface area contributed by atoms with Crippen LogP contribution in [0, 0.1) is 11.3 Å². The predicted octanol–water partition coefficient (Wildman–Crippen LogP) is 3.11. The molecule has 0 radical (unpaired) electrons. The Morgan fingerprint density at radius 1 is 1.46 bits per heavy atom. The molecule has 0 aromatic heterocycles. The van der Waals surface area contributed by atoms with Crippen LogP contribution in [0.1, 0.15) is 47.0 Å². The van der Waals surface area contributed by atoms with Gasteiger partial charge in [0.2, 0.25) is 0 Å². The molecule has 13 heavy (non-hydrogen) atoms. The highest BCUT2D eigenvalue weighted by Crippen LogP contribution is 2.47. The van der Waals surface area contributed by atoms with E-state index in [2.05, 4.69) is 34.3 Å². The van der Waals surface area contributed by atoms with E-state index in [1.54, 1.807) is 0 Å². The Morgan fingerprint density at radius 3 is 2.31 bits per heavy atom. The Hall–Kier alpha value is -0.300. The van der Waals surface area contributed by atoms with Crippen LogP contribution in [0.4, 0.5) is 0 Å². The fraction of sp³-hybridized carbons (Fsp3) is 0.833. The van der Waals surface area contributed by atoms with E-state index in [-0.39, 0.29) is 5.54 Å². The van der Waals surface area contributed by atoms with Gasteiger partial charge in [0, 0.05) is 5.54 Å². The maximum absolute atomic E-state index is 6.43. The average Bonchev–Trinajstić information content (AvgIpc) is 2.31. The SMILES string of the molecule is C=C(C)C1(N)CCCC1C(C)(C)C. The van der Waals surface area contributed by atoms with Gasteiger partial charge >= 0.3 is 0 Å². The first-order valence-corrected chi connectivity index (χ1v) is 5.23. The van der Waals surface area contributed by atoms with E-state index >= 15 is 0 Å². The lowest BCUT2D eigenvalue weighted by atomic mass is 9.69. The van der Waals surface area contributed by atoms with Gasteiger partial charge in [-0.3, -0.25) is 0 Å². The molecule has 2 N–H and O–H groups in total. The smallest absolute Gasteiger partial charge is 0.0397 e. The van der Waals surface area contributed by atoms with E-state index in [1.165, 1.54) is 12.8 Å². The second-order valence-corrected chi connectivity index (χ2v) is 5.63. The third-order valence-corrected chi connectivity index (χ3v) is 3.55. The van der Waals surface area contributed by atoms with E-state index in [0.717, 1.165) is 12.0 Å². The van der Waals surface area contributed by atoms with Crippen LogP contribution in [0.3, 0.4) is 0 Å². The Morgan fingerprint density at radius 2 is 2.00 bits per heavy atom. The highest BCUT2D eigenvalue weighted by molar-refractivity contribution is 5.19. The lowest BCUT2D eigenvalue weighted by Crippen LogP contribution is -2.49. The molecule has 0 heterocycles. The van der Waals surface area contributed by atoms with Crippen molar-refractivity contribution < 1.29 is 0 Å². The molecule has 1 aliphatic carbocycles. The predicted molar refractivity (Wildman–Crippen MR) is 58.5 cm³/mol. The van der Waals surface area contributed by atoms with E-state index in [0.29, 0.717) is 11.3 Å². The van der Waals surface area contributed by atoms with Crippen LogP contribution in [0.5, 0.6) is 0 Å². The topological polar surface area (TPSA) is 26.0 Å². The van der Waals surface area contributed by atoms with Gasteiger partial charge in [-0.05, 0) is 31.1 Å². The van der Waals surface area contributed by atoms with Crippen LogP contribution in [0.15, 0.2) is 12.2 Å². The van der Waals surface area contributed by atoms with Crippen molar-refractivity contribution in [2.24, 2.45) is 17.1 Å². The summed E-state index contributed by atoms with van der Waals surface area (Å²) < 4.78 is 0. The molecule has 1 rings (SSSR count). The van der Waals surface area contributed by atoms with Gasteiger partial charge in [-0.1, -0.05) is 39.3 Å². The first-order valence-electron chi connectivity index (χ1n) is 5.23. The molecule has 0 aromatic rings. The zero-order valence-corrected chi connectivity index (χ0v) is 9.48. The molecule has 1 fully saturated rings. The quantitative estimate of drug-likeness (QED) is 0.618. The van der Waals surface area contributed by atoms with Crippen molar-refractivity contribution in [3.05, 3.63) is 12.2 Å². The first kappa shape index (κ1) is 10.8.